The quantitative estimate of drug-likeness (QED) is 0.697. The van der Waals surface area contributed by atoms with Crippen LogP contribution in [0.4, 0.5) is 13.2 Å². The summed E-state index contributed by atoms with van der Waals surface area (Å²) in [4.78, 5) is 11.1. The zero-order valence-corrected chi connectivity index (χ0v) is 9.77. The molecule has 0 saturated carbocycles. The minimum atomic E-state index is -4.53. The Labute approximate surface area is 98.2 Å². The lowest BCUT2D eigenvalue weighted by molar-refractivity contribution is -0.157. The van der Waals surface area contributed by atoms with Gasteiger partial charge in [0.2, 0.25) is 5.91 Å². The summed E-state index contributed by atoms with van der Waals surface area (Å²) >= 11 is 0. The second kappa shape index (κ2) is 7.12. The number of nitrogens with one attached hydrogen (secondary N) is 2. The van der Waals surface area contributed by atoms with Gasteiger partial charge < -0.3 is 10.6 Å². The van der Waals surface area contributed by atoms with Crippen molar-refractivity contribution in [2.24, 2.45) is 5.92 Å². The molecule has 0 spiro atoms. The van der Waals surface area contributed by atoms with E-state index < -0.39 is 18.6 Å². The molecule has 0 aromatic heterocycles. The fourth-order valence-corrected chi connectivity index (χ4v) is 1.08. The monoisotopic (exact) mass is 251 g/mol. The van der Waals surface area contributed by atoms with E-state index >= 15 is 0 Å². The number of carbonyl (C=O) groups excluding carboxylic acids is 1. The second-order valence-electron chi connectivity index (χ2n) is 3.90. The highest BCUT2D eigenvalue weighted by atomic mass is 19.4. The summed E-state index contributed by atoms with van der Waals surface area (Å²) in [5.41, 5.74) is 0. The van der Waals surface area contributed by atoms with Gasteiger partial charge in [-0.25, -0.2) is 0 Å². The van der Waals surface area contributed by atoms with Crippen molar-refractivity contribution in [3.63, 3.8) is 0 Å². The van der Waals surface area contributed by atoms with Crippen LogP contribution in [0.1, 0.15) is 20.3 Å². The number of carbonyl (C=O) groups is 1. The van der Waals surface area contributed by atoms with Crippen LogP contribution in [0, 0.1) is 17.2 Å². The number of amides is 1. The molecule has 0 radical (unpaired) electrons. The van der Waals surface area contributed by atoms with Crippen molar-refractivity contribution >= 4 is 5.91 Å². The standard InChI is InChI=1S/C10H16F3N3O/c1-7(2)16-9(17)3-4-15-6-8(5-14)10(11,12)13/h7-8,15H,3-4,6H2,1-2H3,(H,16,17). The van der Waals surface area contributed by atoms with Gasteiger partial charge in [0.05, 0.1) is 6.07 Å². The van der Waals surface area contributed by atoms with Crippen molar-refractivity contribution < 1.29 is 18.0 Å². The molecule has 98 valence electrons. The molecule has 0 aromatic carbocycles. The summed E-state index contributed by atoms with van der Waals surface area (Å²) in [7, 11) is 0. The first-order valence-corrected chi connectivity index (χ1v) is 5.23. The molecule has 7 heteroatoms. The predicted octanol–water partition coefficient (Wildman–Crippen LogP) is 1.19. The molecular formula is C10H16F3N3O. The number of hydrogen-bond acceptors (Lipinski definition) is 3. The average Bonchev–Trinajstić information content (AvgIpc) is 2.14. The van der Waals surface area contributed by atoms with E-state index in [9.17, 15) is 18.0 Å². The van der Waals surface area contributed by atoms with E-state index in [1.807, 2.05) is 0 Å². The molecule has 1 unspecified atom stereocenters. The maximum Gasteiger partial charge on any atom is 0.405 e. The van der Waals surface area contributed by atoms with Crippen LogP contribution in [0.5, 0.6) is 0 Å². The van der Waals surface area contributed by atoms with Gasteiger partial charge in [-0.3, -0.25) is 4.79 Å². The van der Waals surface area contributed by atoms with E-state index in [4.69, 9.17) is 5.26 Å². The molecule has 0 aromatic rings. The highest BCUT2D eigenvalue weighted by Crippen LogP contribution is 2.24. The Balaban J connectivity index is 3.78. The van der Waals surface area contributed by atoms with Crippen molar-refractivity contribution in [1.29, 1.82) is 5.26 Å². The summed E-state index contributed by atoms with van der Waals surface area (Å²) in [6, 6.07) is 1.18. The molecular weight excluding hydrogens is 235 g/mol. The van der Waals surface area contributed by atoms with Gasteiger partial charge >= 0.3 is 6.18 Å². The first-order valence-electron chi connectivity index (χ1n) is 5.23. The molecule has 1 atom stereocenters. The molecule has 17 heavy (non-hydrogen) atoms. The molecule has 4 nitrogen and oxygen atoms in total. The molecule has 0 aliphatic carbocycles. The van der Waals surface area contributed by atoms with Crippen molar-refractivity contribution in [3.8, 4) is 6.07 Å². The topological polar surface area (TPSA) is 64.9 Å². The molecule has 0 fully saturated rings. The van der Waals surface area contributed by atoms with Crippen LogP contribution in [0.25, 0.3) is 0 Å². The first kappa shape index (κ1) is 15.7. The second-order valence-corrected chi connectivity index (χ2v) is 3.90. The number of halogens is 3. The number of nitriles is 1. The van der Waals surface area contributed by atoms with E-state index in [1.165, 1.54) is 6.07 Å². The fourth-order valence-electron chi connectivity index (χ4n) is 1.08. The lowest BCUT2D eigenvalue weighted by Gasteiger charge is -2.14. The van der Waals surface area contributed by atoms with Gasteiger partial charge in [0.15, 0.2) is 5.92 Å². The van der Waals surface area contributed by atoms with Gasteiger partial charge in [0.25, 0.3) is 0 Å². The number of nitrogens with zero attached hydrogens (tertiary/aromatic N) is 1. The largest absolute Gasteiger partial charge is 0.405 e. The normalized spacial score (nSPS) is 13.2. The highest BCUT2D eigenvalue weighted by molar-refractivity contribution is 5.76. The van der Waals surface area contributed by atoms with Crippen LogP contribution in [-0.4, -0.2) is 31.2 Å². The van der Waals surface area contributed by atoms with E-state index in [1.54, 1.807) is 13.8 Å². The molecule has 2 N–H and O–H groups in total. The molecule has 0 heterocycles. The summed E-state index contributed by atoms with van der Waals surface area (Å²) in [5.74, 6) is -2.26. The molecule has 0 aliphatic heterocycles. The summed E-state index contributed by atoms with van der Waals surface area (Å²) in [5, 5.41) is 13.4. The Hall–Kier alpha value is -1.29. The average molecular weight is 251 g/mol. The highest BCUT2D eigenvalue weighted by Gasteiger charge is 2.39. The molecule has 1 amide bonds. The molecule has 0 aliphatic rings. The minimum Gasteiger partial charge on any atom is -0.354 e. The maximum absolute atomic E-state index is 12.1. The van der Waals surface area contributed by atoms with Gasteiger partial charge in [-0.15, -0.1) is 0 Å². The van der Waals surface area contributed by atoms with E-state index in [2.05, 4.69) is 10.6 Å². The lowest BCUT2D eigenvalue weighted by atomic mass is 10.1. The van der Waals surface area contributed by atoms with Crippen LogP contribution in [0.15, 0.2) is 0 Å². The van der Waals surface area contributed by atoms with Gasteiger partial charge in [-0.2, -0.15) is 18.4 Å². The Kier molecular flexibility index (Phi) is 6.58. The van der Waals surface area contributed by atoms with Gasteiger partial charge in [-0.05, 0) is 13.8 Å². The number of rotatable bonds is 6. The van der Waals surface area contributed by atoms with Crippen molar-refractivity contribution in [1.82, 2.24) is 10.6 Å². The predicted molar refractivity (Wildman–Crippen MR) is 55.9 cm³/mol. The summed E-state index contributed by atoms with van der Waals surface area (Å²) in [6.45, 7) is 3.21. The summed E-state index contributed by atoms with van der Waals surface area (Å²) < 4.78 is 36.4. The summed E-state index contributed by atoms with van der Waals surface area (Å²) in [6.07, 6.45) is -4.43. The number of alkyl halides is 3. The number of hydrogen-bond donors (Lipinski definition) is 2. The van der Waals surface area contributed by atoms with Crippen LogP contribution in [-0.2, 0) is 4.79 Å². The van der Waals surface area contributed by atoms with Crippen molar-refractivity contribution in [2.75, 3.05) is 13.1 Å². The third-order valence-electron chi connectivity index (χ3n) is 1.88. The van der Waals surface area contributed by atoms with Gasteiger partial charge in [0.1, 0.15) is 0 Å². The fraction of sp³-hybridized carbons (Fsp3) is 0.800. The lowest BCUT2D eigenvalue weighted by Crippen LogP contribution is -2.36. The smallest absolute Gasteiger partial charge is 0.354 e. The zero-order valence-electron chi connectivity index (χ0n) is 9.77. The molecule has 0 bridgehead atoms. The molecule has 0 rings (SSSR count). The van der Waals surface area contributed by atoms with E-state index in [-0.39, 0.29) is 24.9 Å². The maximum atomic E-state index is 12.1. The van der Waals surface area contributed by atoms with Crippen molar-refractivity contribution in [3.05, 3.63) is 0 Å². The SMILES string of the molecule is CC(C)NC(=O)CCNCC(C#N)C(F)(F)F. The van der Waals surface area contributed by atoms with Crippen LogP contribution >= 0.6 is 0 Å². The zero-order chi connectivity index (χ0) is 13.5. The third-order valence-corrected chi connectivity index (χ3v) is 1.88. The van der Waals surface area contributed by atoms with Gasteiger partial charge in [-0.1, -0.05) is 0 Å². The van der Waals surface area contributed by atoms with Crippen molar-refractivity contribution in [2.45, 2.75) is 32.5 Å². The Bertz CT molecular complexity index is 284. The Morgan fingerprint density at radius 2 is 2.00 bits per heavy atom. The third kappa shape index (κ3) is 7.58. The molecule has 0 saturated heterocycles. The van der Waals surface area contributed by atoms with E-state index in [0.717, 1.165) is 0 Å². The Morgan fingerprint density at radius 1 is 1.41 bits per heavy atom. The first-order chi connectivity index (χ1) is 7.77. The van der Waals surface area contributed by atoms with Crippen LogP contribution < -0.4 is 10.6 Å². The Morgan fingerprint density at radius 3 is 2.41 bits per heavy atom. The van der Waals surface area contributed by atoms with Crippen LogP contribution in [0.3, 0.4) is 0 Å². The van der Waals surface area contributed by atoms with Crippen LogP contribution in [0.2, 0.25) is 0 Å². The van der Waals surface area contributed by atoms with E-state index in [0.29, 0.717) is 0 Å². The minimum absolute atomic E-state index is 0.00420. The van der Waals surface area contributed by atoms with Gasteiger partial charge in [0, 0.05) is 25.6 Å².